The first-order valence-corrected chi connectivity index (χ1v) is 4.90. The zero-order valence-corrected chi connectivity index (χ0v) is 8.42. The Balaban J connectivity index is 2.42. The second kappa shape index (κ2) is 3.61. The van der Waals surface area contributed by atoms with Crippen molar-refractivity contribution in [3.63, 3.8) is 0 Å². The van der Waals surface area contributed by atoms with Crippen molar-refractivity contribution >= 4 is 11.6 Å². The molecule has 1 aromatic rings. The van der Waals surface area contributed by atoms with Crippen LogP contribution in [0, 0.1) is 11.3 Å². The maximum absolute atomic E-state index is 9.19. The fourth-order valence-electron chi connectivity index (χ4n) is 1.73. The van der Waals surface area contributed by atoms with E-state index in [2.05, 4.69) is 6.07 Å². The lowest BCUT2D eigenvalue weighted by Gasteiger charge is -2.18. The number of rotatable bonds is 1. The molecule has 0 N–H and O–H groups in total. The van der Waals surface area contributed by atoms with Gasteiger partial charge in [-0.3, -0.25) is 0 Å². The van der Waals surface area contributed by atoms with Crippen molar-refractivity contribution < 1.29 is 4.74 Å². The first-order valence-electron chi connectivity index (χ1n) is 4.52. The summed E-state index contributed by atoms with van der Waals surface area (Å²) in [6, 6.07) is 9.80. The average Bonchev–Trinajstić information content (AvgIpc) is 2.67. The van der Waals surface area contributed by atoms with Crippen molar-refractivity contribution in [2.45, 2.75) is 11.8 Å². The molecular formula is C11H10ClNO. The topological polar surface area (TPSA) is 33.0 Å². The van der Waals surface area contributed by atoms with Crippen LogP contribution in [-0.2, 0) is 10.2 Å². The molecule has 0 amide bonds. The predicted octanol–water partition coefficient (Wildman–Crippen LogP) is 2.52. The third-order valence-electron chi connectivity index (χ3n) is 2.61. The Kier molecular flexibility index (Phi) is 2.45. The van der Waals surface area contributed by atoms with E-state index in [-0.39, 0.29) is 0 Å². The lowest BCUT2D eigenvalue weighted by molar-refractivity contribution is 0.186. The van der Waals surface area contributed by atoms with Gasteiger partial charge in [0.15, 0.2) is 0 Å². The van der Waals surface area contributed by atoms with Gasteiger partial charge >= 0.3 is 0 Å². The summed E-state index contributed by atoms with van der Waals surface area (Å²) in [5, 5.41) is 9.86. The van der Waals surface area contributed by atoms with E-state index in [4.69, 9.17) is 16.3 Å². The molecule has 14 heavy (non-hydrogen) atoms. The molecule has 0 bridgehead atoms. The van der Waals surface area contributed by atoms with Crippen molar-refractivity contribution in [3.8, 4) is 6.07 Å². The summed E-state index contributed by atoms with van der Waals surface area (Å²) in [7, 11) is 0. The molecule has 1 aromatic carbocycles. The highest BCUT2D eigenvalue weighted by Crippen LogP contribution is 2.33. The maximum Gasteiger partial charge on any atom is 0.108 e. The molecule has 1 atom stereocenters. The summed E-state index contributed by atoms with van der Waals surface area (Å²) in [5.74, 6) is 0. The van der Waals surface area contributed by atoms with Crippen molar-refractivity contribution in [1.29, 1.82) is 5.26 Å². The fourth-order valence-corrected chi connectivity index (χ4v) is 1.92. The molecule has 0 aliphatic carbocycles. The first kappa shape index (κ1) is 9.51. The summed E-state index contributed by atoms with van der Waals surface area (Å²) in [4.78, 5) is 0. The number of hydrogen-bond acceptors (Lipinski definition) is 2. The van der Waals surface area contributed by atoms with E-state index in [1.165, 1.54) is 0 Å². The zero-order valence-electron chi connectivity index (χ0n) is 7.66. The number of benzene rings is 1. The minimum Gasteiger partial charge on any atom is -0.379 e. The Morgan fingerprint density at radius 2 is 2.36 bits per heavy atom. The normalized spacial score (nSPS) is 26.0. The van der Waals surface area contributed by atoms with Gasteiger partial charge in [-0.2, -0.15) is 5.26 Å². The van der Waals surface area contributed by atoms with Crippen LogP contribution in [0.25, 0.3) is 0 Å². The van der Waals surface area contributed by atoms with E-state index in [0.29, 0.717) is 18.2 Å². The molecule has 1 heterocycles. The highest BCUT2D eigenvalue weighted by Gasteiger charge is 2.36. The van der Waals surface area contributed by atoms with Gasteiger partial charge in [0, 0.05) is 11.6 Å². The van der Waals surface area contributed by atoms with Crippen molar-refractivity contribution in [1.82, 2.24) is 0 Å². The van der Waals surface area contributed by atoms with E-state index in [0.717, 1.165) is 12.0 Å². The van der Waals surface area contributed by atoms with Gasteiger partial charge in [0.2, 0.25) is 0 Å². The lowest BCUT2D eigenvalue weighted by Crippen LogP contribution is -2.23. The molecule has 2 nitrogen and oxygen atoms in total. The van der Waals surface area contributed by atoms with Gasteiger partial charge in [-0.15, -0.1) is 0 Å². The molecule has 0 radical (unpaired) electrons. The molecule has 1 aliphatic rings. The van der Waals surface area contributed by atoms with E-state index < -0.39 is 5.41 Å². The van der Waals surface area contributed by atoms with Crippen molar-refractivity contribution in [2.24, 2.45) is 0 Å². The van der Waals surface area contributed by atoms with Crippen LogP contribution in [0.4, 0.5) is 0 Å². The summed E-state index contributed by atoms with van der Waals surface area (Å²) < 4.78 is 5.28. The van der Waals surface area contributed by atoms with E-state index in [1.807, 2.05) is 24.3 Å². The Morgan fingerprint density at radius 1 is 1.50 bits per heavy atom. The predicted molar refractivity (Wildman–Crippen MR) is 54.2 cm³/mol. The Bertz CT molecular complexity index is 377. The SMILES string of the molecule is N#C[C@@]1(c2cccc(Cl)c2)CCOC1. The minimum atomic E-state index is -0.481. The monoisotopic (exact) mass is 207 g/mol. The van der Waals surface area contributed by atoms with Crippen molar-refractivity contribution in [3.05, 3.63) is 34.9 Å². The third kappa shape index (κ3) is 1.50. The number of hydrogen-bond donors (Lipinski definition) is 0. The van der Waals surface area contributed by atoms with Gasteiger partial charge in [-0.1, -0.05) is 23.7 Å². The lowest BCUT2D eigenvalue weighted by atomic mass is 9.81. The molecule has 0 aromatic heterocycles. The van der Waals surface area contributed by atoms with Gasteiger partial charge < -0.3 is 4.74 Å². The summed E-state index contributed by atoms with van der Waals surface area (Å²) in [5.41, 5.74) is 0.482. The van der Waals surface area contributed by atoms with E-state index in [1.54, 1.807) is 0 Å². The smallest absolute Gasteiger partial charge is 0.108 e. The van der Waals surface area contributed by atoms with E-state index in [9.17, 15) is 5.26 Å². The van der Waals surface area contributed by atoms with Gasteiger partial charge in [0.1, 0.15) is 5.41 Å². The van der Waals surface area contributed by atoms with Crippen LogP contribution in [0.3, 0.4) is 0 Å². The Labute approximate surface area is 88.1 Å². The second-order valence-electron chi connectivity index (χ2n) is 3.51. The standard InChI is InChI=1S/C11H10ClNO/c12-10-3-1-2-9(6-10)11(7-13)4-5-14-8-11/h1-3,6H,4-5,8H2/t11-/m0/s1. The van der Waals surface area contributed by atoms with E-state index >= 15 is 0 Å². The molecule has 72 valence electrons. The van der Waals surface area contributed by atoms with Gasteiger partial charge in [0.25, 0.3) is 0 Å². The average molecular weight is 208 g/mol. The second-order valence-corrected chi connectivity index (χ2v) is 3.94. The third-order valence-corrected chi connectivity index (χ3v) is 2.85. The summed E-state index contributed by atoms with van der Waals surface area (Å²) in [6.07, 6.45) is 0.754. The van der Waals surface area contributed by atoms with Crippen molar-refractivity contribution in [2.75, 3.05) is 13.2 Å². The van der Waals surface area contributed by atoms with Crippen LogP contribution in [0.5, 0.6) is 0 Å². The molecule has 1 aliphatic heterocycles. The molecule has 0 unspecified atom stereocenters. The number of halogens is 1. The van der Waals surface area contributed by atoms with Gasteiger partial charge in [-0.05, 0) is 24.1 Å². The molecule has 0 saturated carbocycles. The van der Waals surface area contributed by atoms with Crippen LogP contribution in [0.1, 0.15) is 12.0 Å². The summed E-state index contributed by atoms with van der Waals surface area (Å²) >= 11 is 5.89. The Hall–Kier alpha value is -1.04. The molecule has 2 rings (SSSR count). The molecule has 1 saturated heterocycles. The molecule has 3 heteroatoms. The molecule has 0 spiro atoms. The maximum atomic E-state index is 9.19. The number of nitriles is 1. The first-order chi connectivity index (χ1) is 6.77. The Morgan fingerprint density at radius 3 is 2.93 bits per heavy atom. The van der Waals surface area contributed by atoms with Gasteiger partial charge in [0.05, 0.1) is 12.7 Å². The zero-order chi connectivity index (χ0) is 10.0. The van der Waals surface area contributed by atoms with Gasteiger partial charge in [-0.25, -0.2) is 0 Å². The fraction of sp³-hybridized carbons (Fsp3) is 0.364. The highest BCUT2D eigenvalue weighted by molar-refractivity contribution is 6.30. The largest absolute Gasteiger partial charge is 0.379 e. The summed E-state index contributed by atoms with van der Waals surface area (Å²) in [6.45, 7) is 1.13. The molecule has 1 fully saturated rings. The minimum absolute atomic E-state index is 0.476. The highest BCUT2D eigenvalue weighted by atomic mass is 35.5. The number of ether oxygens (including phenoxy) is 1. The van der Waals surface area contributed by atoms with Crippen LogP contribution in [0.2, 0.25) is 5.02 Å². The molecular weight excluding hydrogens is 198 g/mol. The van der Waals surface area contributed by atoms with Crippen LogP contribution in [-0.4, -0.2) is 13.2 Å². The van der Waals surface area contributed by atoms with Crippen LogP contribution in [0.15, 0.2) is 24.3 Å². The quantitative estimate of drug-likeness (QED) is 0.709. The number of nitrogens with zero attached hydrogens (tertiary/aromatic N) is 1. The van der Waals surface area contributed by atoms with Crippen LogP contribution < -0.4 is 0 Å². The van der Waals surface area contributed by atoms with Crippen LogP contribution >= 0.6 is 11.6 Å².